The number of hydrogen-bond acceptors (Lipinski definition) is 3. The second-order valence-corrected chi connectivity index (χ2v) is 3.66. The van der Waals surface area contributed by atoms with Gasteiger partial charge in [-0.05, 0) is 19.3 Å². The first-order valence-electron chi connectivity index (χ1n) is 5.21. The smallest absolute Gasteiger partial charge is 0.310 e. The highest BCUT2D eigenvalue weighted by molar-refractivity contribution is 5.81. The number of hydrogen-bond donors (Lipinski definition) is 1. The summed E-state index contributed by atoms with van der Waals surface area (Å²) >= 11 is 0. The summed E-state index contributed by atoms with van der Waals surface area (Å²) in [5.74, 6) is -2.44. The van der Waals surface area contributed by atoms with E-state index in [4.69, 9.17) is 9.84 Å². The Balaban J connectivity index is 2.60. The van der Waals surface area contributed by atoms with E-state index in [-0.39, 0.29) is 5.97 Å². The minimum atomic E-state index is -0.919. The summed E-state index contributed by atoms with van der Waals surface area (Å²) in [6.45, 7) is 2.27. The van der Waals surface area contributed by atoms with Crippen molar-refractivity contribution in [1.29, 1.82) is 0 Å². The molecule has 1 N–H and O–H groups in total. The number of rotatable bonds is 4. The van der Waals surface area contributed by atoms with E-state index in [1.54, 1.807) is 0 Å². The monoisotopic (exact) mass is 212 g/mol. The third-order valence-corrected chi connectivity index (χ3v) is 2.50. The van der Waals surface area contributed by atoms with Gasteiger partial charge in [-0.15, -0.1) is 0 Å². The molecule has 0 bridgehead atoms. The first-order chi connectivity index (χ1) is 7.16. The molecule has 0 aliphatic heterocycles. The Morgan fingerprint density at radius 1 is 1.33 bits per heavy atom. The highest BCUT2D eigenvalue weighted by atomic mass is 16.5. The van der Waals surface area contributed by atoms with Crippen molar-refractivity contribution in [3.05, 3.63) is 12.2 Å². The fourth-order valence-electron chi connectivity index (χ4n) is 1.66. The van der Waals surface area contributed by atoms with Gasteiger partial charge in [-0.25, -0.2) is 0 Å². The van der Waals surface area contributed by atoms with E-state index in [0.717, 1.165) is 6.42 Å². The van der Waals surface area contributed by atoms with E-state index in [2.05, 4.69) is 0 Å². The molecule has 0 spiro atoms. The van der Waals surface area contributed by atoms with Crippen LogP contribution in [0.3, 0.4) is 0 Å². The van der Waals surface area contributed by atoms with Crippen LogP contribution in [-0.2, 0) is 14.3 Å². The zero-order chi connectivity index (χ0) is 11.3. The van der Waals surface area contributed by atoms with E-state index in [0.29, 0.717) is 19.4 Å². The van der Waals surface area contributed by atoms with Gasteiger partial charge in [0.15, 0.2) is 0 Å². The molecule has 4 heteroatoms. The molecule has 4 nitrogen and oxygen atoms in total. The quantitative estimate of drug-likeness (QED) is 0.568. The van der Waals surface area contributed by atoms with Crippen molar-refractivity contribution in [2.75, 3.05) is 6.61 Å². The molecule has 84 valence electrons. The maximum atomic E-state index is 11.6. The maximum Gasteiger partial charge on any atom is 0.310 e. The fraction of sp³-hybridized carbons (Fsp3) is 0.636. The van der Waals surface area contributed by atoms with Crippen LogP contribution in [0.15, 0.2) is 12.2 Å². The van der Waals surface area contributed by atoms with E-state index in [1.165, 1.54) is 0 Å². The normalized spacial score (nSPS) is 24.9. The number of aliphatic carboxylic acids is 1. The minimum absolute atomic E-state index is 0.366. The molecule has 2 atom stereocenters. The molecule has 0 aromatic carbocycles. The van der Waals surface area contributed by atoms with E-state index >= 15 is 0 Å². The zero-order valence-corrected chi connectivity index (χ0v) is 8.81. The van der Waals surface area contributed by atoms with Gasteiger partial charge in [0.25, 0.3) is 0 Å². The summed E-state index contributed by atoms with van der Waals surface area (Å²) in [6, 6.07) is 0. The van der Waals surface area contributed by atoms with E-state index < -0.39 is 17.8 Å². The molecule has 15 heavy (non-hydrogen) atoms. The van der Waals surface area contributed by atoms with E-state index in [1.807, 2.05) is 19.1 Å². The van der Waals surface area contributed by atoms with Crippen LogP contribution in [0, 0.1) is 11.8 Å². The van der Waals surface area contributed by atoms with Crippen molar-refractivity contribution >= 4 is 11.9 Å². The van der Waals surface area contributed by atoms with Gasteiger partial charge in [0.05, 0.1) is 18.4 Å². The third-order valence-electron chi connectivity index (χ3n) is 2.50. The maximum absolute atomic E-state index is 11.6. The Morgan fingerprint density at radius 3 is 2.47 bits per heavy atom. The van der Waals surface area contributed by atoms with Crippen LogP contribution in [0.2, 0.25) is 0 Å². The summed E-state index contributed by atoms with van der Waals surface area (Å²) < 4.78 is 4.97. The Bertz CT molecular complexity index is 270. The van der Waals surface area contributed by atoms with Crippen LogP contribution >= 0.6 is 0 Å². The van der Waals surface area contributed by atoms with Crippen LogP contribution in [0.5, 0.6) is 0 Å². The second kappa shape index (κ2) is 5.53. The zero-order valence-electron chi connectivity index (χ0n) is 8.81. The van der Waals surface area contributed by atoms with Crippen LogP contribution in [0.25, 0.3) is 0 Å². The molecule has 0 fully saturated rings. The average Bonchev–Trinajstić information content (AvgIpc) is 2.25. The Kier molecular flexibility index (Phi) is 4.34. The van der Waals surface area contributed by atoms with Crippen molar-refractivity contribution in [2.45, 2.75) is 26.2 Å². The SMILES string of the molecule is CCCOC(=O)C1CC=CCC1C(=O)O. The third kappa shape index (κ3) is 3.08. The average molecular weight is 212 g/mol. The topological polar surface area (TPSA) is 63.6 Å². The van der Waals surface area contributed by atoms with Crippen LogP contribution in [-0.4, -0.2) is 23.7 Å². The van der Waals surface area contributed by atoms with Gasteiger partial charge in [0.2, 0.25) is 0 Å². The summed E-state index contributed by atoms with van der Waals surface area (Å²) in [4.78, 5) is 22.5. The van der Waals surface area contributed by atoms with Crippen molar-refractivity contribution < 1.29 is 19.4 Å². The molecule has 2 unspecified atom stereocenters. The molecule has 1 aliphatic carbocycles. The first-order valence-corrected chi connectivity index (χ1v) is 5.21. The number of carboxylic acids is 1. The van der Waals surface area contributed by atoms with Gasteiger partial charge < -0.3 is 9.84 Å². The predicted molar refractivity (Wildman–Crippen MR) is 54.2 cm³/mol. The van der Waals surface area contributed by atoms with Gasteiger partial charge in [-0.1, -0.05) is 19.1 Å². The Morgan fingerprint density at radius 2 is 1.93 bits per heavy atom. The Labute approximate surface area is 88.9 Å². The van der Waals surface area contributed by atoms with Gasteiger partial charge in [-0.3, -0.25) is 9.59 Å². The predicted octanol–water partition coefficient (Wildman–Crippen LogP) is 1.61. The molecule has 0 saturated carbocycles. The van der Waals surface area contributed by atoms with Crippen molar-refractivity contribution in [3.63, 3.8) is 0 Å². The van der Waals surface area contributed by atoms with Crippen LogP contribution < -0.4 is 0 Å². The summed E-state index contributed by atoms with van der Waals surface area (Å²) in [7, 11) is 0. The number of esters is 1. The van der Waals surface area contributed by atoms with Crippen molar-refractivity contribution in [1.82, 2.24) is 0 Å². The lowest BCUT2D eigenvalue weighted by molar-refractivity contribution is -0.157. The number of ether oxygens (including phenoxy) is 1. The summed E-state index contributed by atoms with van der Waals surface area (Å²) in [5.41, 5.74) is 0. The molecular weight excluding hydrogens is 196 g/mol. The highest BCUT2D eigenvalue weighted by Gasteiger charge is 2.34. The fourth-order valence-corrected chi connectivity index (χ4v) is 1.66. The summed E-state index contributed by atoms with van der Waals surface area (Å²) in [6.07, 6.45) is 5.30. The molecule has 0 heterocycles. The van der Waals surface area contributed by atoms with Gasteiger partial charge in [-0.2, -0.15) is 0 Å². The standard InChI is InChI=1S/C11H16O4/c1-2-7-15-11(14)9-6-4-3-5-8(9)10(12)13/h3-4,8-9H,2,5-7H2,1H3,(H,12,13). The molecule has 0 amide bonds. The molecule has 1 aliphatic rings. The van der Waals surface area contributed by atoms with Gasteiger partial charge >= 0.3 is 11.9 Å². The van der Waals surface area contributed by atoms with Crippen molar-refractivity contribution in [2.24, 2.45) is 11.8 Å². The lowest BCUT2D eigenvalue weighted by Gasteiger charge is -2.23. The number of carboxylic acid groups (broad SMARTS) is 1. The molecular formula is C11H16O4. The highest BCUT2D eigenvalue weighted by Crippen LogP contribution is 2.26. The summed E-state index contributed by atoms with van der Waals surface area (Å²) in [5, 5.41) is 8.94. The van der Waals surface area contributed by atoms with Crippen LogP contribution in [0.4, 0.5) is 0 Å². The first kappa shape index (κ1) is 11.8. The minimum Gasteiger partial charge on any atom is -0.481 e. The largest absolute Gasteiger partial charge is 0.481 e. The molecule has 0 radical (unpaired) electrons. The molecule has 0 saturated heterocycles. The molecule has 0 aromatic rings. The lowest BCUT2D eigenvalue weighted by atomic mass is 9.83. The van der Waals surface area contributed by atoms with Crippen molar-refractivity contribution in [3.8, 4) is 0 Å². The number of carbonyl (C=O) groups is 2. The van der Waals surface area contributed by atoms with E-state index in [9.17, 15) is 9.59 Å². The van der Waals surface area contributed by atoms with Gasteiger partial charge in [0.1, 0.15) is 0 Å². The number of carbonyl (C=O) groups excluding carboxylic acids is 1. The molecule has 1 rings (SSSR count). The molecule has 0 aromatic heterocycles. The second-order valence-electron chi connectivity index (χ2n) is 3.66. The number of allylic oxidation sites excluding steroid dienone is 2. The van der Waals surface area contributed by atoms with Gasteiger partial charge in [0, 0.05) is 0 Å². The van der Waals surface area contributed by atoms with Crippen LogP contribution in [0.1, 0.15) is 26.2 Å². The Hall–Kier alpha value is -1.32. The lowest BCUT2D eigenvalue weighted by Crippen LogP contribution is -2.32.